The summed E-state index contributed by atoms with van der Waals surface area (Å²) in [6.07, 6.45) is -1.28. The van der Waals surface area contributed by atoms with Gasteiger partial charge >= 0.3 is 5.97 Å². The van der Waals surface area contributed by atoms with Gasteiger partial charge in [0.2, 0.25) is 0 Å². The van der Waals surface area contributed by atoms with Crippen molar-refractivity contribution in [1.29, 1.82) is 0 Å². The maximum atomic E-state index is 13.5. The van der Waals surface area contributed by atoms with Gasteiger partial charge < -0.3 is 10.1 Å². The van der Waals surface area contributed by atoms with Crippen LogP contribution in [0.3, 0.4) is 0 Å². The van der Waals surface area contributed by atoms with Crippen LogP contribution in [0.25, 0.3) is 0 Å². The average Bonchev–Trinajstić information content (AvgIpc) is 2.57. The number of esters is 1. The van der Waals surface area contributed by atoms with Crippen LogP contribution < -0.4 is 5.32 Å². The van der Waals surface area contributed by atoms with Crippen LogP contribution in [0.2, 0.25) is 0 Å². The first-order valence-corrected chi connectivity index (χ1v) is 7.56. The van der Waals surface area contributed by atoms with Crippen LogP contribution in [-0.4, -0.2) is 18.0 Å². The zero-order valence-electron chi connectivity index (χ0n) is 13.4. The number of para-hydroxylation sites is 1. The van der Waals surface area contributed by atoms with Crippen LogP contribution in [-0.2, 0) is 20.7 Å². The van der Waals surface area contributed by atoms with Gasteiger partial charge in [0.15, 0.2) is 6.10 Å². The molecule has 0 saturated carbocycles. The number of rotatable bonds is 6. The number of ether oxygens (including phenoxy) is 1. The van der Waals surface area contributed by atoms with E-state index in [0.717, 1.165) is 18.2 Å². The van der Waals surface area contributed by atoms with E-state index in [2.05, 4.69) is 0 Å². The lowest BCUT2D eigenvalue weighted by molar-refractivity contribution is -0.153. The molecule has 0 radical (unpaired) electrons. The normalized spacial score (nSPS) is 11.7. The molecule has 0 spiro atoms. The summed E-state index contributed by atoms with van der Waals surface area (Å²) in [7, 11) is 0. The summed E-state index contributed by atoms with van der Waals surface area (Å²) in [6.45, 7) is 1.27. The molecule has 0 aromatic heterocycles. The van der Waals surface area contributed by atoms with Gasteiger partial charge in [-0.15, -0.1) is 0 Å². The zero-order valence-corrected chi connectivity index (χ0v) is 13.4. The predicted octanol–water partition coefficient (Wildman–Crippen LogP) is 3.61. The van der Waals surface area contributed by atoms with Gasteiger partial charge in [0.1, 0.15) is 23.1 Å². The summed E-state index contributed by atoms with van der Waals surface area (Å²) < 4.78 is 45.3. The van der Waals surface area contributed by atoms with Crippen molar-refractivity contribution in [2.75, 3.05) is 5.32 Å². The van der Waals surface area contributed by atoms with Crippen molar-refractivity contribution < 1.29 is 27.5 Å². The number of hydrogen-bond acceptors (Lipinski definition) is 3. The fourth-order valence-electron chi connectivity index (χ4n) is 2.09. The average molecular weight is 351 g/mol. The molecule has 132 valence electrons. The van der Waals surface area contributed by atoms with E-state index >= 15 is 0 Å². The van der Waals surface area contributed by atoms with Gasteiger partial charge in [0.05, 0.1) is 0 Å². The van der Waals surface area contributed by atoms with Crippen molar-refractivity contribution in [1.82, 2.24) is 0 Å². The first kappa shape index (κ1) is 18.5. The molecule has 2 rings (SSSR count). The second-order valence-corrected chi connectivity index (χ2v) is 5.31. The Morgan fingerprint density at radius 1 is 1.00 bits per heavy atom. The summed E-state index contributed by atoms with van der Waals surface area (Å²) in [5, 5.41) is 2.04. The largest absolute Gasteiger partial charge is 0.453 e. The standard InChI is InChI=1S/C18H16F3NO3/c1-11(18(24)22-17-14(20)7-4-8-15(17)21)25-16(23)10-9-12-5-2-3-6-13(12)19/h2-8,11H,9-10H2,1H3,(H,22,24)/t11-/m0/s1. The van der Waals surface area contributed by atoms with E-state index in [1.165, 1.54) is 19.1 Å². The lowest BCUT2D eigenvalue weighted by atomic mass is 10.1. The van der Waals surface area contributed by atoms with E-state index in [9.17, 15) is 22.8 Å². The van der Waals surface area contributed by atoms with E-state index in [1.54, 1.807) is 12.1 Å². The molecule has 7 heteroatoms. The Morgan fingerprint density at radius 3 is 2.24 bits per heavy atom. The van der Waals surface area contributed by atoms with Crippen LogP contribution in [0, 0.1) is 17.5 Å². The van der Waals surface area contributed by atoms with Crippen molar-refractivity contribution in [3.63, 3.8) is 0 Å². The van der Waals surface area contributed by atoms with E-state index < -0.39 is 41.1 Å². The molecule has 0 aliphatic rings. The Labute approximate surface area is 142 Å². The molecule has 2 aromatic rings. The van der Waals surface area contributed by atoms with E-state index in [-0.39, 0.29) is 12.8 Å². The Balaban J connectivity index is 1.88. The Hall–Kier alpha value is -2.83. The lowest BCUT2D eigenvalue weighted by Crippen LogP contribution is -2.30. The highest BCUT2D eigenvalue weighted by molar-refractivity contribution is 5.95. The van der Waals surface area contributed by atoms with E-state index in [4.69, 9.17) is 4.74 Å². The number of aryl methyl sites for hydroxylation is 1. The van der Waals surface area contributed by atoms with Crippen LogP contribution in [0.15, 0.2) is 42.5 Å². The van der Waals surface area contributed by atoms with Crippen molar-refractivity contribution in [2.45, 2.75) is 25.9 Å². The van der Waals surface area contributed by atoms with Gasteiger partial charge in [-0.05, 0) is 37.1 Å². The molecule has 1 amide bonds. The molecule has 0 bridgehead atoms. The smallest absolute Gasteiger partial charge is 0.306 e. The fourth-order valence-corrected chi connectivity index (χ4v) is 2.09. The number of amides is 1. The summed E-state index contributed by atoms with van der Waals surface area (Å²) >= 11 is 0. The van der Waals surface area contributed by atoms with Gasteiger partial charge in [-0.25, -0.2) is 13.2 Å². The summed E-state index contributed by atoms with van der Waals surface area (Å²) in [4.78, 5) is 23.7. The number of carbonyl (C=O) groups is 2. The Bertz CT molecular complexity index is 760. The molecular weight excluding hydrogens is 335 g/mol. The molecule has 0 heterocycles. The molecule has 0 unspecified atom stereocenters. The van der Waals surface area contributed by atoms with Gasteiger partial charge in [0, 0.05) is 6.42 Å². The van der Waals surface area contributed by atoms with Crippen LogP contribution in [0.1, 0.15) is 18.9 Å². The maximum absolute atomic E-state index is 13.5. The van der Waals surface area contributed by atoms with E-state index in [1.807, 2.05) is 5.32 Å². The van der Waals surface area contributed by atoms with Crippen LogP contribution in [0.4, 0.5) is 18.9 Å². The van der Waals surface area contributed by atoms with Crippen molar-refractivity contribution in [2.24, 2.45) is 0 Å². The highest BCUT2D eigenvalue weighted by Crippen LogP contribution is 2.18. The SMILES string of the molecule is C[C@H](OC(=O)CCc1ccccc1F)C(=O)Nc1c(F)cccc1F. The Morgan fingerprint density at radius 2 is 1.60 bits per heavy atom. The van der Waals surface area contributed by atoms with Gasteiger partial charge in [-0.3, -0.25) is 9.59 Å². The summed E-state index contributed by atoms with van der Waals surface area (Å²) in [5.41, 5.74) is -0.258. The molecule has 0 saturated heterocycles. The number of hydrogen-bond donors (Lipinski definition) is 1. The third-order valence-electron chi connectivity index (χ3n) is 3.44. The quantitative estimate of drug-likeness (QED) is 0.809. The highest BCUT2D eigenvalue weighted by atomic mass is 19.1. The number of halogens is 3. The van der Waals surface area contributed by atoms with Gasteiger partial charge in [-0.2, -0.15) is 0 Å². The van der Waals surface area contributed by atoms with Crippen LogP contribution in [0.5, 0.6) is 0 Å². The summed E-state index contributed by atoms with van der Waals surface area (Å²) in [6, 6.07) is 9.13. The minimum Gasteiger partial charge on any atom is -0.453 e. The third kappa shape index (κ3) is 5.07. The number of anilines is 1. The fraction of sp³-hybridized carbons (Fsp3) is 0.222. The molecule has 1 N–H and O–H groups in total. The zero-order chi connectivity index (χ0) is 18.4. The number of nitrogens with one attached hydrogen (secondary N) is 1. The number of carbonyl (C=O) groups excluding carboxylic acids is 2. The number of benzene rings is 2. The van der Waals surface area contributed by atoms with Crippen molar-refractivity contribution in [3.8, 4) is 0 Å². The molecule has 1 atom stereocenters. The molecule has 4 nitrogen and oxygen atoms in total. The van der Waals surface area contributed by atoms with Crippen molar-refractivity contribution in [3.05, 3.63) is 65.5 Å². The predicted molar refractivity (Wildman–Crippen MR) is 85.3 cm³/mol. The second kappa shape index (κ2) is 8.32. The highest BCUT2D eigenvalue weighted by Gasteiger charge is 2.20. The molecule has 0 aliphatic heterocycles. The maximum Gasteiger partial charge on any atom is 0.306 e. The third-order valence-corrected chi connectivity index (χ3v) is 3.44. The first-order chi connectivity index (χ1) is 11.9. The second-order valence-electron chi connectivity index (χ2n) is 5.31. The molecule has 0 aliphatic carbocycles. The molecule has 2 aromatic carbocycles. The molecule has 0 fully saturated rings. The van der Waals surface area contributed by atoms with Gasteiger partial charge in [-0.1, -0.05) is 24.3 Å². The first-order valence-electron chi connectivity index (χ1n) is 7.56. The minimum absolute atomic E-state index is 0.113. The van der Waals surface area contributed by atoms with Crippen molar-refractivity contribution >= 4 is 17.6 Å². The topological polar surface area (TPSA) is 55.4 Å². The monoisotopic (exact) mass is 351 g/mol. The Kier molecular flexibility index (Phi) is 6.16. The van der Waals surface area contributed by atoms with Crippen LogP contribution >= 0.6 is 0 Å². The summed E-state index contributed by atoms with van der Waals surface area (Å²) in [5.74, 6) is -3.91. The lowest BCUT2D eigenvalue weighted by Gasteiger charge is -2.14. The van der Waals surface area contributed by atoms with E-state index in [0.29, 0.717) is 5.56 Å². The minimum atomic E-state index is -1.26. The van der Waals surface area contributed by atoms with Gasteiger partial charge in [0.25, 0.3) is 5.91 Å². The molecule has 25 heavy (non-hydrogen) atoms. The molecular formula is C18H16F3NO3.